The Labute approximate surface area is 353 Å². The number of hydrogen-bond acceptors (Lipinski definition) is 2. The summed E-state index contributed by atoms with van der Waals surface area (Å²) in [6.45, 7) is 0. The molecule has 286 valence electrons. The summed E-state index contributed by atoms with van der Waals surface area (Å²) < 4.78 is 8.62. The monoisotopic (exact) mass is 778 g/mol. The van der Waals surface area contributed by atoms with Crippen molar-refractivity contribution in [3.8, 4) is 39.1 Å². The number of hydrogen-bond donors (Lipinski definition) is 0. The maximum atomic E-state index is 6.26. The second kappa shape index (κ2) is 14.3. The van der Waals surface area contributed by atoms with Crippen molar-refractivity contribution in [3.63, 3.8) is 0 Å². The minimum Gasteiger partial charge on any atom is -0.456 e. The van der Waals surface area contributed by atoms with Gasteiger partial charge in [-0.1, -0.05) is 158 Å². The Morgan fingerprint density at radius 1 is 0.328 bits per heavy atom. The van der Waals surface area contributed by atoms with Crippen LogP contribution in [0.4, 0.5) is 17.1 Å². The zero-order valence-electron chi connectivity index (χ0n) is 33.2. The van der Waals surface area contributed by atoms with Crippen LogP contribution in [0.25, 0.3) is 93.6 Å². The van der Waals surface area contributed by atoms with Crippen molar-refractivity contribution in [1.29, 1.82) is 0 Å². The summed E-state index contributed by atoms with van der Waals surface area (Å²) in [5.41, 5.74) is 15.7. The second-order valence-corrected chi connectivity index (χ2v) is 15.7. The van der Waals surface area contributed by atoms with Crippen LogP contribution in [-0.2, 0) is 0 Å². The Morgan fingerprint density at radius 3 is 1.46 bits per heavy atom. The number of rotatable bonds is 7. The molecule has 0 aliphatic carbocycles. The van der Waals surface area contributed by atoms with Gasteiger partial charge in [-0.3, -0.25) is 0 Å². The third kappa shape index (κ3) is 5.90. The van der Waals surface area contributed by atoms with Gasteiger partial charge in [0, 0.05) is 44.3 Å². The van der Waals surface area contributed by atoms with Crippen molar-refractivity contribution in [2.45, 2.75) is 0 Å². The van der Waals surface area contributed by atoms with Crippen LogP contribution in [0.2, 0.25) is 0 Å². The molecule has 3 nitrogen and oxygen atoms in total. The molecule has 0 N–H and O–H groups in total. The van der Waals surface area contributed by atoms with Crippen LogP contribution in [0.5, 0.6) is 0 Å². The molecule has 0 radical (unpaired) electrons. The first kappa shape index (κ1) is 34.9. The van der Waals surface area contributed by atoms with Crippen LogP contribution < -0.4 is 4.90 Å². The Morgan fingerprint density at radius 2 is 0.820 bits per heavy atom. The number of nitrogens with zero attached hydrogens (tertiary/aromatic N) is 2. The van der Waals surface area contributed by atoms with Crippen LogP contribution in [-0.4, -0.2) is 4.57 Å². The Balaban J connectivity index is 0.934. The maximum absolute atomic E-state index is 6.26. The lowest BCUT2D eigenvalue weighted by atomic mass is 9.91. The van der Waals surface area contributed by atoms with E-state index in [0.29, 0.717) is 0 Å². The van der Waals surface area contributed by atoms with E-state index in [0.717, 1.165) is 50.3 Å². The summed E-state index contributed by atoms with van der Waals surface area (Å²) in [5, 5.41) is 7.23. The van der Waals surface area contributed by atoms with E-state index in [4.69, 9.17) is 4.42 Å². The molecule has 0 atom stereocenters. The summed E-state index contributed by atoms with van der Waals surface area (Å²) >= 11 is 0. The van der Waals surface area contributed by atoms with Crippen LogP contribution in [0.1, 0.15) is 0 Å². The Kier molecular flexibility index (Phi) is 8.17. The van der Waals surface area contributed by atoms with Gasteiger partial charge in [-0.25, -0.2) is 0 Å². The van der Waals surface area contributed by atoms with Gasteiger partial charge in [0.25, 0.3) is 0 Å². The van der Waals surface area contributed by atoms with Gasteiger partial charge in [0.1, 0.15) is 11.2 Å². The van der Waals surface area contributed by atoms with Crippen LogP contribution in [0, 0.1) is 0 Å². The molecular formula is C58H38N2O. The number of para-hydroxylation sites is 3. The van der Waals surface area contributed by atoms with Gasteiger partial charge in [0.2, 0.25) is 0 Å². The fourth-order valence-electron chi connectivity index (χ4n) is 9.34. The molecule has 0 fully saturated rings. The summed E-state index contributed by atoms with van der Waals surface area (Å²) in [4.78, 5) is 2.35. The molecule has 61 heavy (non-hydrogen) atoms. The highest BCUT2D eigenvalue weighted by molar-refractivity contribution is 6.10. The second-order valence-electron chi connectivity index (χ2n) is 15.7. The van der Waals surface area contributed by atoms with E-state index < -0.39 is 0 Å². The molecule has 12 rings (SSSR count). The molecule has 0 saturated carbocycles. The van der Waals surface area contributed by atoms with Crippen molar-refractivity contribution in [2.24, 2.45) is 0 Å². The molecule has 0 aliphatic rings. The highest BCUT2D eigenvalue weighted by Gasteiger charge is 2.18. The number of furan rings is 1. The van der Waals surface area contributed by atoms with Crippen LogP contribution >= 0.6 is 0 Å². The smallest absolute Gasteiger partial charge is 0.135 e. The predicted octanol–water partition coefficient (Wildman–Crippen LogP) is 16.3. The van der Waals surface area contributed by atoms with E-state index in [1.54, 1.807) is 0 Å². The molecule has 0 unspecified atom stereocenters. The Bertz CT molecular complexity index is 3500. The topological polar surface area (TPSA) is 21.3 Å². The van der Waals surface area contributed by atoms with E-state index in [2.05, 4.69) is 228 Å². The van der Waals surface area contributed by atoms with E-state index in [-0.39, 0.29) is 0 Å². The fraction of sp³-hybridized carbons (Fsp3) is 0. The van der Waals surface area contributed by atoms with Gasteiger partial charge in [-0.2, -0.15) is 0 Å². The van der Waals surface area contributed by atoms with Crippen LogP contribution in [0.15, 0.2) is 235 Å². The first-order chi connectivity index (χ1) is 30.2. The molecule has 0 aliphatic heterocycles. The van der Waals surface area contributed by atoms with E-state index >= 15 is 0 Å². The quantitative estimate of drug-likeness (QED) is 0.161. The van der Waals surface area contributed by atoms with Gasteiger partial charge in [0.05, 0.1) is 11.0 Å². The van der Waals surface area contributed by atoms with Gasteiger partial charge >= 0.3 is 0 Å². The molecule has 12 aromatic rings. The lowest BCUT2D eigenvalue weighted by Crippen LogP contribution is -2.09. The molecule has 0 saturated heterocycles. The van der Waals surface area contributed by atoms with Crippen LogP contribution in [0.3, 0.4) is 0 Å². The fourth-order valence-corrected chi connectivity index (χ4v) is 9.34. The normalized spacial score (nSPS) is 11.6. The molecule has 0 bridgehead atoms. The van der Waals surface area contributed by atoms with Gasteiger partial charge in [-0.05, 0) is 117 Å². The molecule has 2 heterocycles. The standard InChI is InChI=1S/C58H38N2O/c1-2-12-41(13-3-1)48-19-10-14-43-15-11-20-49(58(43)48)42-28-34-45(35-29-42)59(47-36-37-57-53(38-47)52-18-6-9-23-56(52)61-57)44-30-24-39(25-31-44)40-26-32-46(33-27-40)60-54-21-7-4-16-50(54)51-17-5-8-22-55(51)60/h1-38H. The zero-order valence-corrected chi connectivity index (χ0v) is 33.2. The molecule has 0 amide bonds. The molecule has 0 spiro atoms. The highest BCUT2D eigenvalue weighted by atomic mass is 16.3. The number of anilines is 3. The first-order valence-electron chi connectivity index (χ1n) is 20.8. The maximum Gasteiger partial charge on any atom is 0.135 e. The molecule has 3 heteroatoms. The lowest BCUT2D eigenvalue weighted by Gasteiger charge is -2.26. The van der Waals surface area contributed by atoms with Gasteiger partial charge < -0.3 is 13.9 Å². The highest BCUT2D eigenvalue weighted by Crippen LogP contribution is 2.42. The first-order valence-corrected chi connectivity index (χ1v) is 20.8. The minimum absolute atomic E-state index is 0.880. The molecule has 10 aromatic carbocycles. The SMILES string of the molecule is c1ccc(-c2cccc3cccc(-c4ccc(N(c5ccc(-c6ccc(-n7c8ccccc8c8ccccc87)cc6)cc5)c5ccc6oc7ccccc7c6c5)cc4)c23)cc1. The van der Waals surface area contributed by atoms with Crippen molar-refractivity contribution >= 4 is 71.6 Å². The van der Waals surface area contributed by atoms with E-state index in [1.165, 1.54) is 60.4 Å². The average molecular weight is 779 g/mol. The van der Waals surface area contributed by atoms with E-state index in [1.807, 2.05) is 12.1 Å². The van der Waals surface area contributed by atoms with Crippen molar-refractivity contribution in [3.05, 3.63) is 231 Å². The van der Waals surface area contributed by atoms with Gasteiger partial charge in [0.15, 0.2) is 0 Å². The third-order valence-corrected chi connectivity index (χ3v) is 12.2. The average Bonchev–Trinajstić information content (AvgIpc) is 3.88. The zero-order chi connectivity index (χ0) is 40.3. The van der Waals surface area contributed by atoms with Crippen molar-refractivity contribution < 1.29 is 4.42 Å². The molecular weight excluding hydrogens is 741 g/mol. The summed E-state index contributed by atoms with van der Waals surface area (Å²) in [5.74, 6) is 0. The summed E-state index contributed by atoms with van der Waals surface area (Å²) in [6, 6.07) is 82.9. The van der Waals surface area contributed by atoms with Crippen molar-refractivity contribution in [2.75, 3.05) is 4.90 Å². The third-order valence-electron chi connectivity index (χ3n) is 12.2. The van der Waals surface area contributed by atoms with Crippen molar-refractivity contribution in [1.82, 2.24) is 4.57 Å². The Hall–Kier alpha value is -8.14. The number of aromatic nitrogens is 1. The summed E-state index contributed by atoms with van der Waals surface area (Å²) in [6.07, 6.45) is 0. The minimum atomic E-state index is 0.880. The van der Waals surface area contributed by atoms with E-state index in [9.17, 15) is 0 Å². The number of benzene rings is 10. The molecule has 2 aromatic heterocycles. The predicted molar refractivity (Wildman–Crippen MR) is 257 cm³/mol. The number of fused-ring (bicyclic) bond motifs is 7. The summed E-state index contributed by atoms with van der Waals surface area (Å²) in [7, 11) is 0. The lowest BCUT2D eigenvalue weighted by molar-refractivity contribution is 0.669. The van der Waals surface area contributed by atoms with Gasteiger partial charge in [-0.15, -0.1) is 0 Å². The largest absolute Gasteiger partial charge is 0.456 e.